The summed E-state index contributed by atoms with van der Waals surface area (Å²) in [5, 5.41) is 13.2. The number of anilines is 1. The molecule has 0 bridgehead atoms. The van der Waals surface area contributed by atoms with Crippen LogP contribution in [0.1, 0.15) is 46.4 Å². The maximum atomic E-state index is 9.94. The molecule has 1 heterocycles. The molecule has 1 unspecified atom stereocenters. The summed E-state index contributed by atoms with van der Waals surface area (Å²) in [4.78, 5) is 4.47. The van der Waals surface area contributed by atoms with Gasteiger partial charge < -0.3 is 14.8 Å². The largest absolute Gasteiger partial charge is 0.440 e. The number of aliphatic hydroxyl groups is 1. The van der Waals surface area contributed by atoms with E-state index in [2.05, 4.69) is 24.1 Å². The van der Waals surface area contributed by atoms with E-state index in [0.29, 0.717) is 0 Å². The molecule has 19 heavy (non-hydrogen) atoms. The zero-order valence-electron chi connectivity index (χ0n) is 12.2. The highest BCUT2D eigenvalue weighted by molar-refractivity contribution is 5.77. The number of fused-ring (bicyclic) bond motifs is 1. The van der Waals surface area contributed by atoms with Crippen LogP contribution in [0.3, 0.4) is 0 Å². The van der Waals surface area contributed by atoms with Crippen LogP contribution in [0, 0.1) is 0 Å². The number of hydrogen-bond donors (Lipinski definition) is 2. The Labute approximate surface area is 113 Å². The molecule has 4 nitrogen and oxygen atoms in total. The predicted octanol–water partition coefficient (Wildman–Crippen LogP) is 3.52. The first kappa shape index (κ1) is 13.9. The van der Waals surface area contributed by atoms with Gasteiger partial charge in [0.15, 0.2) is 11.5 Å². The van der Waals surface area contributed by atoms with Gasteiger partial charge in [0.2, 0.25) is 0 Å². The maximum absolute atomic E-state index is 9.94. The molecule has 0 fully saturated rings. The number of oxazole rings is 1. The van der Waals surface area contributed by atoms with E-state index in [0.717, 1.165) is 22.7 Å². The Morgan fingerprint density at radius 1 is 1.26 bits per heavy atom. The van der Waals surface area contributed by atoms with E-state index in [-0.39, 0.29) is 12.0 Å². The fourth-order valence-electron chi connectivity index (χ4n) is 1.71. The first-order chi connectivity index (χ1) is 8.77. The molecule has 4 heteroatoms. The standard InChI is InChI=1S/C15H22N2O2/c1-9(2)14-17-12-8-11(6-7-13(12)19-14)16-10(3)15(4,5)18/h6-10,16,18H,1-5H3. The zero-order chi connectivity index (χ0) is 14.2. The minimum Gasteiger partial charge on any atom is -0.440 e. The monoisotopic (exact) mass is 262 g/mol. The highest BCUT2D eigenvalue weighted by Gasteiger charge is 2.22. The molecular formula is C15H22N2O2. The summed E-state index contributed by atoms with van der Waals surface area (Å²) in [5.74, 6) is 1.03. The van der Waals surface area contributed by atoms with E-state index in [1.165, 1.54) is 0 Å². The third kappa shape index (κ3) is 3.07. The van der Waals surface area contributed by atoms with E-state index in [4.69, 9.17) is 4.42 Å². The average Bonchev–Trinajstić information content (AvgIpc) is 2.70. The van der Waals surface area contributed by atoms with Crippen molar-refractivity contribution in [1.29, 1.82) is 0 Å². The summed E-state index contributed by atoms with van der Waals surface area (Å²) in [6.07, 6.45) is 0. The Hall–Kier alpha value is -1.55. The smallest absolute Gasteiger partial charge is 0.198 e. The third-order valence-corrected chi connectivity index (χ3v) is 3.34. The fraction of sp³-hybridized carbons (Fsp3) is 0.533. The Bertz CT molecular complexity index is 567. The quantitative estimate of drug-likeness (QED) is 0.885. The molecule has 0 radical (unpaired) electrons. The highest BCUT2D eigenvalue weighted by atomic mass is 16.3. The summed E-state index contributed by atoms with van der Waals surface area (Å²) in [5.41, 5.74) is 1.80. The minimum atomic E-state index is -0.776. The lowest BCUT2D eigenvalue weighted by Crippen LogP contribution is -2.39. The summed E-state index contributed by atoms with van der Waals surface area (Å²) >= 11 is 0. The Morgan fingerprint density at radius 2 is 1.95 bits per heavy atom. The van der Waals surface area contributed by atoms with Crippen molar-refractivity contribution >= 4 is 16.8 Å². The average molecular weight is 262 g/mol. The molecule has 0 aliphatic rings. The van der Waals surface area contributed by atoms with Crippen molar-refractivity contribution in [2.45, 2.75) is 52.2 Å². The van der Waals surface area contributed by atoms with Gasteiger partial charge in [-0.1, -0.05) is 13.8 Å². The molecule has 0 saturated heterocycles. The van der Waals surface area contributed by atoms with E-state index >= 15 is 0 Å². The van der Waals surface area contributed by atoms with Gasteiger partial charge in [-0.25, -0.2) is 4.98 Å². The lowest BCUT2D eigenvalue weighted by Gasteiger charge is -2.27. The number of nitrogens with zero attached hydrogens (tertiary/aromatic N) is 1. The fourth-order valence-corrected chi connectivity index (χ4v) is 1.71. The van der Waals surface area contributed by atoms with Crippen LogP contribution in [0.4, 0.5) is 5.69 Å². The third-order valence-electron chi connectivity index (χ3n) is 3.34. The van der Waals surface area contributed by atoms with Crippen molar-refractivity contribution in [2.75, 3.05) is 5.32 Å². The van der Waals surface area contributed by atoms with Crippen LogP contribution in [0.2, 0.25) is 0 Å². The van der Waals surface area contributed by atoms with E-state index in [1.54, 1.807) is 13.8 Å². The Balaban J connectivity index is 2.26. The topological polar surface area (TPSA) is 58.3 Å². The molecule has 2 rings (SSSR count). The van der Waals surface area contributed by atoms with Gasteiger partial charge in [-0.05, 0) is 39.0 Å². The Kier molecular flexibility index (Phi) is 3.54. The molecule has 104 valence electrons. The molecule has 0 aliphatic carbocycles. The summed E-state index contributed by atoms with van der Waals surface area (Å²) in [7, 11) is 0. The molecule has 0 amide bonds. The van der Waals surface area contributed by atoms with Crippen molar-refractivity contribution < 1.29 is 9.52 Å². The van der Waals surface area contributed by atoms with Gasteiger partial charge in [-0.2, -0.15) is 0 Å². The molecule has 0 aliphatic heterocycles. The van der Waals surface area contributed by atoms with E-state index < -0.39 is 5.60 Å². The van der Waals surface area contributed by atoms with Crippen LogP contribution >= 0.6 is 0 Å². The normalized spacial score (nSPS) is 14.1. The minimum absolute atomic E-state index is 0.0542. The van der Waals surface area contributed by atoms with Gasteiger partial charge in [0, 0.05) is 11.6 Å². The van der Waals surface area contributed by atoms with Crippen LogP contribution in [0.15, 0.2) is 22.6 Å². The second-order valence-corrected chi connectivity index (χ2v) is 5.91. The number of rotatable bonds is 4. The van der Waals surface area contributed by atoms with Gasteiger partial charge in [0.1, 0.15) is 5.52 Å². The predicted molar refractivity (Wildman–Crippen MR) is 77.5 cm³/mol. The second-order valence-electron chi connectivity index (χ2n) is 5.91. The maximum Gasteiger partial charge on any atom is 0.198 e. The molecule has 0 saturated carbocycles. The van der Waals surface area contributed by atoms with Crippen molar-refractivity contribution in [1.82, 2.24) is 4.98 Å². The van der Waals surface area contributed by atoms with Gasteiger partial charge in [0.05, 0.1) is 11.6 Å². The number of hydrogen-bond acceptors (Lipinski definition) is 4. The van der Waals surface area contributed by atoms with Gasteiger partial charge in [-0.15, -0.1) is 0 Å². The molecule has 1 aromatic carbocycles. The lowest BCUT2D eigenvalue weighted by molar-refractivity contribution is 0.0649. The van der Waals surface area contributed by atoms with Crippen LogP contribution in [-0.2, 0) is 0 Å². The van der Waals surface area contributed by atoms with E-state index in [9.17, 15) is 5.11 Å². The van der Waals surface area contributed by atoms with Crippen LogP contribution in [0.25, 0.3) is 11.1 Å². The van der Waals surface area contributed by atoms with Crippen LogP contribution < -0.4 is 5.32 Å². The number of benzene rings is 1. The number of nitrogens with one attached hydrogen (secondary N) is 1. The summed E-state index contributed by atoms with van der Waals surface area (Å²) < 4.78 is 5.67. The molecule has 2 N–H and O–H groups in total. The summed E-state index contributed by atoms with van der Waals surface area (Å²) in [6, 6.07) is 5.75. The van der Waals surface area contributed by atoms with Crippen LogP contribution in [-0.4, -0.2) is 21.7 Å². The molecule has 1 atom stereocenters. The SMILES string of the molecule is CC(C)c1nc2cc(NC(C)C(C)(C)O)ccc2o1. The molecule has 0 spiro atoms. The van der Waals surface area contributed by atoms with E-state index in [1.807, 2.05) is 25.1 Å². The number of aromatic nitrogens is 1. The first-order valence-electron chi connectivity index (χ1n) is 6.67. The van der Waals surface area contributed by atoms with Crippen molar-refractivity contribution in [3.05, 3.63) is 24.1 Å². The van der Waals surface area contributed by atoms with Crippen molar-refractivity contribution in [3.63, 3.8) is 0 Å². The van der Waals surface area contributed by atoms with Gasteiger partial charge in [-0.3, -0.25) is 0 Å². The van der Waals surface area contributed by atoms with Crippen molar-refractivity contribution in [3.8, 4) is 0 Å². The highest BCUT2D eigenvalue weighted by Crippen LogP contribution is 2.24. The molecule has 1 aromatic heterocycles. The van der Waals surface area contributed by atoms with Gasteiger partial charge >= 0.3 is 0 Å². The zero-order valence-corrected chi connectivity index (χ0v) is 12.2. The van der Waals surface area contributed by atoms with Crippen LogP contribution in [0.5, 0.6) is 0 Å². The summed E-state index contributed by atoms with van der Waals surface area (Å²) in [6.45, 7) is 9.64. The molecular weight excluding hydrogens is 240 g/mol. The Morgan fingerprint density at radius 3 is 2.53 bits per heavy atom. The lowest BCUT2D eigenvalue weighted by atomic mass is 10.0. The van der Waals surface area contributed by atoms with Crippen molar-refractivity contribution in [2.24, 2.45) is 0 Å². The first-order valence-corrected chi connectivity index (χ1v) is 6.67. The second kappa shape index (κ2) is 4.85. The van der Waals surface area contributed by atoms with Gasteiger partial charge in [0.25, 0.3) is 0 Å². The molecule has 2 aromatic rings.